The van der Waals surface area contributed by atoms with Gasteiger partial charge in [-0.15, -0.1) is 0 Å². The Balaban J connectivity index is 1.54. The number of carbonyl (C=O) groups excluding carboxylic acids is 1. The third-order valence-electron chi connectivity index (χ3n) is 4.10. The molecule has 25 heavy (non-hydrogen) atoms. The summed E-state index contributed by atoms with van der Waals surface area (Å²) in [6, 6.07) is 13.1. The number of amides is 2. The van der Waals surface area contributed by atoms with Gasteiger partial charge in [-0.25, -0.2) is 9.18 Å². The molecule has 1 atom stereocenters. The fourth-order valence-corrected chi connectivity index (χ4v) is 2.80. The Morgan fingerprint density at radius 3 is 2.76 bits per heavy atom. The van der Waals surface area contributed by atoms with Crippen LogP contribution in [0.2, 0.25) is 0 Å². The Bertz CT molecular complexity index is 848. The van der Waals surface area contributed by atoms with Crippen LogP contribution in [0.4, 0.5) is 9.18 Å². The summed E-state index contributed by atoms with van der Waals surface area (Å²) in [6.45, 7) is 0.224. The number of hydrogen-bond donors (Lipinski definition) is 4. The van der Waals surface area contributed by atoms with Crippen LogP contribution < -0.4 is 10.6 Å². The van der Waals surface area contributed by atoms with Gasteiger partial charge in [-0.05, 0) is 35.7 Å². The van der Waals surface area contributed by atoms with Crippen LogP contribution in [0.1, 0.15) is 17.2 Å². The lowest BCUT2D eigenvalue weighted by molar-refractivity contribution is 0.217. The minimum atomic E-state index is -0.455. The van der Waals surface area contributed by atoms with Gasteiger partial charge in [0.15, 0.2) is 0 Å². The molecular weight excluding hydrogens is 321 g/mol. The van der Waals surface area contributed by atoms with E-state index in [9.17, 15) is 14.3 Å². The van der Waals surface area contributed by atoms with Gasteiger partial charge in [0.1, 0.15) is 5.82 Å². The summed E-state index contributed by atoms with van der Waals surface area (Å²) in [4.78, 5) is 15.1. The van der Waals surface area contributed by atoms with E-state index in [1.807, 2.05) is 36.5 Å². The van der Waals surface area contributed by atoms with Gasteiger partial charge < -0.3 is 20.7 Å². The number of urea groups is 1. The normalized spacial score (nSPS) is 12.1. The number of hydrogen-bond acceptors (Lipinski definition) is 2. The highest BCUT2D eigenvalue weighted by molar-refractivity contribution is 5.83. The molecule has 2 aromatic carbocycles. The second-order valence-electron chi connectivity index (χ2n) is 5.80. The van der Waals surface area contributed by atoms with Crippen molar-refractivity contribution in [2.75, 3.05) is 13.2 Å². The summed E-state index contributed by atoms with van der Waals surface area (Å²) in [7, 11) is 0. The molecule has 0 aliphatic carbocycles. The lowest BCUT2D eigenvalue weighted by Gasteiger charge is -2.17. The van der Waals surface area contributed by atoms with Crippen LogP contribution in [0, 0.1) is 5.82 Å². The third kappa shape index (κ3) is 4.16. The zero-order chi connectivity index (χ0) is 17.6. The minimum Gasteiger partial charge on any atom is -0.394 e. The van der Waals surface area contributed by atoms with Crippen LogP contribution >= 0.6 is 0 Å². The number of H-pyrrole nitrogens is 1. The first-order valence-electron chi connectivity index (χ1n) is 8.13. The molecular formula is C19H20FN3O2. The molecule has 6 heteroatoms. The van der Waals surface area contributed by atoms with E-state index in [0.29, 0.717) is 13.0 Å². The van der Waals surface area contributed by atoms with Gasteiger partial charge >= 0.3 is 6.03 Å². The SMILES string of the molecule is O=C(NCCc1c[nH]c2ccc(F)cc12)NC(CO)c1ccccc1. The second-order valence-corrected chi connectivity index (χ2v) is 5.80. The molecule has 3 rings (SSSR count). The van der Waals surface area contributed by atoms with Crippen LogP contribution in [-0.4, -0.2) is 29.3 Å². The predicted molar refractivity (Wildman–Crippen MR) is 94.8 cm³/mol. The van der Waals surface area contributed by atoms with Gasteiger partial charge in [0.05, 0.1) is 12.6 Å². The monoisotopic (exact) mass is 341 g/mol. The van der Waals surface area contributed by atoms with Crippen molar-refractivity contribution >= 4 is 16.9 Å². The van der Waals surface area contributed by atoms with Crippen molar-refractivity contribution in [1.29, 1.82) is 0 Å². The molecule has 1 unspecified atom stereocenters. The Labute approximate surface area is 144 Å². The van der Waals surface area contributed by atoms with Crippen molar-refractivity contribution in [3.8, 4) is 0 Å². The number of aromatic nitrogens is 1. The highest BCUT2D eigenvalue weighted by Gasteiger charge is 2.13. The van der Waals surface area contributed by atoms with Crippen molar-refractivity contribution in [3.63, 3.8) is 0 Å². The van der Waals surface area contributed by atoms with Crippen molar-refractivity contribution in [2.45, 2.75) is 12.5 Å². The largest absolute Gasteiger partial charge is 0.394 e. The molecule has 1 heterocycles. The Morgan fingerprint density at radius 1 is 1.20 bits per heavy atom. The molecule has 0 radical (unpaired) electrons. The Hall–Kier alpha value is -2.86. The van der Waals surface area contributed by atoms with Crippen LogP contribution in [0.5, 0.6) is 0 Å². The number of halogens is 1. The number of carbonyl (C=O) groups is 1. The fourth-order valence-electron chi connectivity index (χ4n) is 2.80. The molecule has 0 bridgehead atoms. The van der Waals surface area contributed by atoms with E-state index in [-0.39, 0.29) is 18.5 Å². The number of benzene rings is 2. The molecule has 130 valence electrons. The van der Waals surface area contributed by atoms with E-state index < -0.39 is 6.04 Å². The van der Waals surface area contributed by atoms with Crippen LogP contribution in [0.25, 0.3) is 10.9 Å². The van der Waals surface area contributed by atoms with Gasteiger partial charge in [0.2, 0.25) is 0 Å². The first kappa shape index (κ1) is 17.0. The van der Waals surface area contributed by atoms with Gasteiger partial charge in [0.25, 0.3) is 0 Å². The summed E-state index contributed by atoms with van der Waals surface area (Å²) in [5, 5.41) is 15.8. The second kappa shape index (κ2) is 7.81. The van der Waals surface area contributed by atoms with Crippen LogP contribution in [0.15, 0.2) is 54.7 Å². The summed E-state index contributed by atoms with van der Waals surface area (Å²) >= 11 is 0. The smallest absolute Gasteiger partial charge is 0.315 e. The highest BCUT2D eigenvalue weighted by Crippen LogP contribution is 2.19. The Kier molecular flexibility index (Phi) is 5.30. The highest BCUT2D eigenvalue weighted by atomic mass is 19.1. The van der Waals surface area contributed by atoms with Crippen molar-refractivity contribution in [2.24, 2.45) is 0 Å². The topological polar surface area (TPSA) is 77.2 Å². The number of fused-ring (bicyclic) bond motifs is 1. The molecule has 0 saturated carbocycles. The van der Waals surface area contributed by atoms with E-state index in [1.54, 1.807) is 6.07 Å². The minimum absolute atomic E-state index is 0.181. The fraction of sp³-hybridized carbons (Fsp3) is 0.211. The van der Waals surface area contributed by atoms with Gasteiger partial charge in [0, 0.05) is 23.6 Å². The molecule has 0 aliphatic heterocycles. The van der Waals surface area contributed by atoms with Gasteiger partial charge in [-0.3, -0.25) is 0 Å². The lowest BCUT2D eigenvalue weighted by atomic mass is 10.1. The number of nitrogens with one attached hydrogen (secondary N) is 3. The molecule has 0 fully saturated rings. The first-order valence-corrected chi connectivity index (χ1v) is 8.13. The maximum atomic E-state index is 13.4. The number of rotatable bonds is 6. The van der Waals surface area contributed by atoms with Gasteiger partial charge in [-0.1, -0.05) is 30.3 Å². The average Bonchev–Trinajstić information content (AvgIpc) is 3.02. The maximum Gasteiger partial charge on any atom is 0.315 e. The Morgan fingerprint density at radius 2 is 2.00 bits per heavy atom. The summed E-state index contributed by atoms with van der Waals surface area (Å²) in [5.74, 6) is -0.285. The molecule has 1 aromatic heterocycles. The van der Waals surface area contributed by atoms with Crippen molar-refractivity contribution in [3.05, 3.63) is 71.7 Å². The summed E-state index contributed by atoms with van der Waals surface area (Å²) in [5.41, 5.74) is 2.65. The summed E-state index contributed by atoms with van der Waals surface area (Å²) < 4.78 is 13.4. The predicted octanol–water partition coefficient (Wildman–Crippen LogP) is 2.88. The molecule has 2 amide bonds. The van der Waals surface area contributed by atoms with Crippen LogP contribution in [-0.2, 0) is 6.42 Å². The molecule has 0 aliphatic rings. The molecule has 0 saturated heterocycles. The van der Waals surface area contributed by atoms with E-state index in [0.717, 1.165) is 22.0 Å². The van der Waals surface area contributed by atoms with E-state index in [4.69, 9.17) is 0 Å². The summed E-state index contributed by atoms with van der Waals surface area (Å²) in [6.07, 6.45) is 2.40. The first-order chi connectivity index (χ1) is 12.2. The maximum absolute atomic E-state index is 13.4. The lowest BCUT2D eigenvalue weighted by Crippen LogP contribution is -2.40. The average molecular weight is 341 g/mol. The van der Waals surface area contributed by atoms with Crippen molar-refractivity contribution < 1.29 is 14.3 Å². The quantitative estimate of drug-likeness (QED) is 0.556. The molecule has 4 N–H and O–H groups in total. The number of aliphatic hydroxyl groups is 1. The van der Waals surface area contributed by atoms with Gasteiger partial charge in [-0.2, -0.15) is 0 Å². The molecule has 0 spiro atoms. The van der Waals surface area contributed by atoms with Crippen molar-refractivity contribution in [1.82, 2.24) is 15.6 Å². The number of aromatic amines is 1. The molecule has 3 aromatic rings. The van der Waals surface area contributed by atoms with E-state index in [1.165, 1.54) is 12.1 Å². The van der Waals surface area contributed by atoms with Crippen LogP contribution in [0.3, 0.4) is 0 Å². The zero-order valence-electron chi connectivity index (χ0n) is 13.6. The standard InChI is InChI=1S/C19H20FN3O2/c20-15-6-7-17-16(10-15)14(11-22-17)8-9-21-19(25)23-18(12-24)13-4-2-1-3-5-13/h1-7,10-11,18,22,24H,8-9,12H2,(H2,21,23,25). The molecule has 5 nitrogen and oxygen atoms in total. The zero-order valence-corrected chi connectivity index (χ0v) is 13.6. The third-order valence-corrected chi connectivity index (χ3v) is 4.10. The van der Waals surface area contributed by atoms with E-state index >= 15 is 0 Å². The number of aliphatic hydroxyl groups excluding tert-OH is 1. The van der Waals surface area contributed by atoms with E-state index in [2.05, 4.69) is 15.6 Å².